The summed E-state index contributed by atoms with van der Waals surface area (Å²) in [7, 11) is 1.64. The number of hydrogen-bond donors (Lipinski definition) is 0. The molecule has 1 aromatic carbocycles. The zero-order valence-electron chi connectivity index (χ0n) is 7.12. The summed E-state index contributed by atoms with van der Waals surface area (Å²) in [6.07, 6.45) is 1.67. The van der Waals surface area contributed by atoms with Gasteiger partial charge in [0.25, 0.3) is 0 Å². The third-order valence-corrected chi connectivity index (χ3v) is 2.24. The van der Waals surface area contributed by atoms with Gasteiger partial charge in [-0.3, -0.25) is 0 Å². The van der Waals surface area contributed by atoms with Crippen LogP contribution < -0.4 is 4.74 Å². The summed E-state index contributed by atoms with van der Waals surface area (Å²) >= 11 is 5.92. The second-order valence-electron chi connectivity index (χ2n) is 2.66. The summed E-state index contributed by atoms with van der Waals surface area (Å²) in [6, 6.07) is 7.61. The molecule has 1 aromatic heterocycles. The highest BCUT2D eigenvalue weighted by Crippen LogP contribution is 2.28. The van der Waals surface area contributed by atoms with E-state index in [1.54, 1.807) is 13.3 Å². The lowest BCUT2D eigenvalue weighted by atomic mass is 10.1. The van der Waals surface area contributed by atoms with Crippen LogP contribution in [0.15, 0.2) is 30.5 Å². The van der Waals surface area contributed by atoms with Crippen molar-refractivity contribution >= 4 is 22.4 Å². The van der Waals surface area contributed by atoms with Crippen molar-refractivity contribution in [2.45, 2.75) is 0 Å². The minimum absolute atomic E-state index is 0.511. The number of ether oxygens (including phenoxy) is 1. The topological polar surface area (TPSA) is 22.1 Å². The Morgan fingerprint density at radius 3 is 2.85 bits per heavy atom. The van der Waals surface area contributed by atoms with Crippen molar-refractivity contribution in [3.05, 3.63) is 35.6 Å². The fourth-order valence-electron chi connectivity index (χ4n) is 1.32. The molecule has 66 valence electrons. The molecule has 0 atom stereocenters. The van der Waals surface area contributed by atoms with Gasteiger partial charge in [-0.1, -0.05) is 23.7 Å². The lowest BCUT2D eigenvalue weighted by molar-refractivity contribution is 0.420. The Hall–Kier alpha value is -1.28. The predicted octanol–water partition coefficient (Wildman–Crippen LogP) is 2.90. The molecule has 2 nitrogen and oxygen atoms in total. The van der Waals surface area contributed by atoms with Crippen molar-refractivity contribution in [1.82, 2.24) is 4.98 Å². The number of rotatable bonds is 1. The maximum Gasteiger partial charge on any atom is 0.136 e. The minimum Gasteiger partial charge on any atom is -0.496 e. The van der Waals surface area contributed by atoms with E-state index in [4.69, 9.17) is 16.3 Å². The van der Waals surface area contributed by atoms with Crippen LogP contribution in [-0.2, 0) is 0 Å². The highest BCUT2D eigenvalue weighted by molar-refractivity contribution is 6.34. The van der Waals surface area contributed by atoms with E-state index in [0.29, 0.717) is 5.15 Å². The molecule has 0 N–H and O–H groups in total. The second-order valence-corrected chi connectivity index (χ2v) is 3.02. The Morgan fingerprint density at radius 1 is 1.23 bits per heavy atom. The summed E-state index contributed by atoms with van der Waals surface area (Å²) in [6.45, 7) is 0. The van der Waals surface area contributed by atoms with Gasteiger partial charge in [-0.15, -0.1) is 0 Å². The lowest BCUT2D eigenvalue weighted by Gasteiger charge is -2.04. The van der Waals surface area contributed by atoms with Gasteiger partial charge >= 0.3 is 0 Å². The molecular formula is C10H8ClNO. The standard InChI is InChI=1S/C10H8ClNO/c1-13-9-4-2-3-8-7(9)5-6-12-10(8)11/h2-6H,1H3. The van der Waals surface area contributed by atoms with Crippen LogP contribution in [0.3, 0.4) is 0 Å². The third-order valence-electron chi connectivity index (χ3n) is 1.94. The van der Waals surface area contributed by atoms with Crippen LogP contribution in [0.5, 0.6) is 5.75 Å². The fraction of sp³-hybridized carbons (Fsp3) is 0.100. The molecule has 0 unspecified atom stereocenters. The highest BCUT2D eigenvalue weighted by atomic mass is 35.5. The molecule has 2 aromatic rings. The van der Waals surface area contributed by atoms with Gasteiger partial charge in [0.05, 0.1) is 7.11 Å². The average molecular weight is 194 g/mol. The highest BCUT2D eigenvalue weighted by Gasteiger charge is 2.03. The van der Waals surface area contributed by atoms with Crippen LogP contribution in [-0.4, -0.2) is 12.1 Å². The van der Waals surface area contributed by atoms with Crippen LogP contribution >= 0.6 is 11.6 Å². The van der Waals surface area contributed by atoms with Gasteiger partial charge in [-0.25, -0.2) is 4.98 Å². The smallest absolute Gasteiger partial charge is 0.136 e. The van der Waals surface area contributed by atoms with Gasteiger partial charge in [0.2, 0.25) is 0 Å². The first-order chi connectivity index (χ1) is 6.33. The number of fused-ring (bicyclic) bond motifs is 1. The maximum atomic E-state index is 5.92. The van der Waals surface area contributed by atoms with Crippen molar-refractivity contribution < 1.29 is 4.74 Å². The summed E-state index contributed by atoms with van der Waals surface area (Å²) in [5, 5.41) is 2.42. The lowest BCUT2D eigenvalue weighted by Crippen LogP contribution is -1.85. The van der Waals surface area contributed by atoms with E-state index in [0.717, 1.165) is 16.5 Å². The van der Waals surface area contributed by atoms with Gasteiger partial charge in [0.15, 0.2) is 0 Å². The maximum absolute atomic E-state index is 5.92. The normalized spacial score (nSPS) is 10.3. The van der Waals surface area contributed by atoms with Gasteiger partial charge in [0.1, 0.15) is 10.9 Å². The summed E-state index contributed by atoms with van der Waals surface area (Å²) in [5.74, 6) is 0.821. The summed E-state index contributed by atoms with van der Waals surface area (Å²) in [4.78, 5) is 3.99. The van der Waals surface area contributed by atoms with Crippen molar-refractivity contribution in [2.24, 2.45) is 0 Å². The van der Waals surface area contributed by atoms with Crippen LogP contribution in [0.25, 0.3) is 10.8 Å². The van der Waals surface area contributed by atoms with E-state index in [1.807, 2.05) is 24.3 Å². The number of nitrogens with zero attached hydrogens (tertiary/aromatic N) is 1. The quantitative estimate of drug-likeness (QED) is 0.650. The zero-order chi connectivity index (χ0) is 9.26. The van der Waals surface area contributed by atoms with E-state index in [9.17, 15) is 0 Å². The second kappa shape index (κ2) is 3.23. The van der Waals surface area contributed by atoms with Crippen LogP contribution in [0.2, 0.25) is 5.15 Å². The van der Waals surface area contributed by atoms with Crippen molar-refractivity contribution in [3.63, 3.8) is 0 Å². The molecule has 3 heteroatoms. The van der Waals surface area contributed by atoms with Crippen LogP contribution in [0, 0.1) is 0 Å². The van der Waals surface area contributed by atoms with Gasteiger partial charge in [0, 0.05) is 17.0 Å². The molecular weight excluding hydrogens is 186 g/mol. The Bertz CT molecular complexity index is 442. The average Bonchev–Trinajstić information content (AvgIpc) is 2.18. The van der Waals surface area contributed by atoms with Crippen molar-refractivity contribution in [3.8, 4) is 5.75 Å². The molecule has 0 saturated heterocycles. The molecule has 0 radical (unpaired) electrons. The van der Waals surface area contributed by atoms with E-state index in [-0.39, 0.29) is 0 Å². The number of pyridine rings is 1. The van der Waals surface area contributed by atoms with Crippen molar-refractivity contribution in [2.75, 3.05) is 7.11 Å². The number of methoxy groups -OCH3 is 1. The SMILES string of the molecule is COc1cccc2c(Cl)nccc12. The first-order valence-corrected chi connectivity index (χ1v) is 4.28. The molecule has 0 spiro atoms. The molecule has 0 bridgehead atoms. The Balaban J connectivity index is 2.84. The molecule has 0 amide bonds. The molecule has 13 heavy (non-hydrogen) atoms. The third kappa shape index (κ3) is 1.33. The molecule has 0 aliphatic carbocycles. The molecule has 1 heterocycles. The molecule has 0 aliphatic heterocycles. The zero-order valence-corrected chi connectivity index (χ0v) is 7.88. The number of benzene rings is 1. The van der Waals surface area contributed by atoms with Gasteiger partial charge < -0.3 is 4.74 Å². The minimum atomic E-state index is 0.511. The molecule has 0 fully saturated rings. The fourth-order valence-corrected chi connectivity index (χ4v) is 1.54. The number of hydrogen-bond acceptors (Lipinski definition) is 2. The van der Waals surface area contributed by atoms with Gasteiger partial charge in [-0.05, 0) is 12.1 Å². The summed E-state index contributed by atoms with van der Waals surface area (Å²) in [5.41, 5.74) is 0. The van der Waals surface area contributed by atoms with Crippen LogP contribution in [0.1, 0.15) is 0 Å². The molecule has 0 saturated carbocycles. The largest absolute Gasteiger partial charge is 0.496 e. The molecule has 0 aliphatic rings. The van der Waals surface area contributed by atoms with E-state index < -0.39 is 0 Å². The Morgan fingerprint density at radius 2 is 2.08 bits per heavy atom. The molecule has 2 rings (SSSR count). The Labute approximate surface area is 81.1 Å². The Kier molecular flexibility index (Phi) is 2.07. The number of halogens is 1. The van der Waals surface area contributed by atoms with Gasteiger partial charge in [-0.2, -0.15) is 0 Å². The first kappa shape index (κ1) is 8.32. The predicted molar refractivity (Wildman–Crippen MR) is 53.3 cm³/mol. The number of aromatic nitrogens is 1. The van der Waals surface area contributed by atoms with Crippen LogP contribution in [0.4, 0.5) is 0 Å². The summed E-state index contributed by atoms with van der Waals surface area (Å²) < 4.78 is 5.20. The van der Waals surface area contributed by atoms with E-state index >= 15 is 0 Å². The monoisotopic (exact) mass is 193 g/mol. The van der Waals surface area contributed by atoms with E-state index in [2.05, 4.69) is 4.98 Å². The van der Waals surface area contributed by atoms with Crippen molar-refractivity contribution in [1.29, 1.82) is 0 Å². The first-order valence-electron chi connectivity index (χ1n) is 3.90. The van der Waals surface area contributed by atoms with E-state index in [1.165, 1.54) is 0 Å².